The minimum Gasteiger partial charge on any atom is -0.378 e. The van der Waals surface area contributed by atoms with Crippen molar-refractivity contribution in [1.82, 2.24) is 20.1 Å². The summed E-state index contributed by atoms with van der Waals surface area (Å²) in [6.45, 7) is 10.7. The molecule has 168 valence electrons. The Labute approximate surface area is 187 Å². The van der Waals surface area contributed by atoms with Gasteiger partial charge in [0, 0.05) is 50.2 Å². The molecule has 2 fully saturated rings. The lowest BCUT2D eigenvalue weighted by molar-refractivity contribution is -0.00571. The van der Waals surface area contributed by atoms with Gasteiger partial charge in [-0.3, -0.25) is 0 Å². The van der Waals surface area contributed by atoms with Crippen LogP contribution >= 0.6 is 0 Å². The number of hydrogen-bond acceptors (Lipinski definition) is 9. The maximum Gasteiger partial charge on any atom is 0.226 e. The summed E-state index contributed by atoms with van der Waals surface area (Å²) in [6.07, 6.45) is 3.93. The molecular formula is C23H28N6O3. The van der Waals surface area contributed by atoms with Gasteiger partial charge >= 0.3 is 0 Å². The maximum atomic E-state index is 5.88. The van der Waals surface area contributed by atoms with Crippen LogP contribution in [0, 0.1) is 6.92 Å². The highest BCUT2D eigenvalue weighted by Gasteiger charge is 2.26. The number of aromatic nitrogens is 4. The van der Waals surface area contributed by atoms with E-state index in [1.165, 1.54) is 0 Å². The first-order valence-corrected chi connectivity index (χ1v) is 11.1. The van der Waals surface area contributed by atoms with Crippen molar-refractivity contribution in [2.24, 2.45) is 0 Å². The molecular weight excluding hydrogens is 408 g/mol. The second-order valence-electron chi connectivity index (χ2n) is 8.43. The lowest BCUT2D eigenvalue weighted by atomic mass is 10.1. The molecule has 0 amide bonds. The zero-order chi connectivity index (χ0) is 22.1. The number of pyridine rings is 1. The summed E-state index contributed by atoms with van der Waals surface area (Å²) < 4.78 is 16.9. The molecule has 3 aromatic heterocycles. The first kappa shape index (κ1) is 20.8. The van der Waals surface area contributed by atoms with Crippen molar-refractivity contribution in [3.8, 4) is 22.6 Å². The van der Waals surface area contributed by atoms with Crippen LogP contribution in [-0.2, 0) is 9.47 Å². The van der Waals surface area contributed by atoms with Crippen LogP contribution in [0.1, 0.15) is 19.5 Å². The third-order valence-corrected chi connectivity index (χ3v) is 5.73. The van der Waals surface area contributed by atoms with E-state index in [0.29, 0.717) is 11.7 Å². The minimum absolute atomic E-state index is 0.122. The van der Waals surface area contributed by atoms with Gasteiger partial charge in [0.2, 0.25) is 5.95 Å². The van der Waals surface area contributed by atoms with Gasteiger partial charge in [0.05, 0.1) is 42.4 Å². The molecule has 0 saturated carbocycles. The van der Waals surface area contributed by atoms with Crippen LogP contribution in [0.25, 0.3) is 22.6 Å². The van der Waals surface area contributed by atoms with Gasteiger partial charge in [-0.05, 0) is 32.9 Å². The van der Waals surface area contributed by atoms with Crippen LogP contribution in [0.5, 0.6) is 0 Å². The topological polar surface area (TPSA) is 89.6 Å². The Morgan fingerprint density at radius 2 is 1.75 bits per heavy atom. The van der Waals surface area contributed by atoms with E-state index in [0.717, 1.165) is 67.7 Å². The second kappa shape index (κ2) is 8.84. The van der Waals surface area contributed by atoms with E-state index in [4.69, 9.17) is 24.0 Å². The highest BCUT2D eigenvalue weighted by atomic mass is 16.5. The van der Waals surface area contributed by atoms with E-state index < -0.39 is 0 Å². The van der Waals surface area contributed by atoms with Crippen LogP contribution in [-0.4, -0.2) is 71.7 Å². The van der Waals surface area contributed by atoms with E-state index in [1.807, 2.05) is 31.5 Å². The van der Waals surface area contributed by atoms with Gasteiger partial charge in [-0.2, -0.15) is 0 Å². The molecule has 3 aromatic rings. The summed E-state index contributed by atoms with van der Waals surface area (Å²) in [4.78, 5) is 18.7. The maximum absolute atomic E-state index is 5.88. The summed E-state index contributed by atoms with van der Waals surface area (Å²) in [7, 11) is 0. The Balaban J connectivity index is 1.52. The van der Waals surface area contributed by atoms with Crippen molar-refractivity contribution >= 4 is 11.8 Å². The zero-order valence-electron chi connectivity index (χ0n) is 18.7. The number of ether oxygens (including phenoxy) is 2. The number of anilines is 2. The van der Waals surface area contributed by atoms with Crippen molar-refractivity contribution < 1.29 is 14.0 Å². The molecule has 5 rings (SSSR count). The summed E-state index contributed by atoms with van der Waals surface area (Å²) in [5, 5.41) is 4.04. The zero-order valence-corrected chi connectivity index (χ0v) is 18.7. The van der Waals surface area contributed by atoms with Crippen LogP contribution in [0.4, 0.5) is 11.8 Å². The Bertz CT molecular complexity index is 1050. The Morgan fingerprint density at radius 1 is 0.969 bits per heavy atom. The first-order chi connectivity index (χ1) is 15.6. The van der Waals surface area contributed by atoms with Crippen LogP contribution in [0.15, 0.2) is 35.1 Å². The van der Waals surface area contributed by atoms with E-state index in [9.17, 15) is 0 Å². The number of rotatable bonds is 4. The number of nitrogens with zero attached hydrogens (tertiary/aromatic N) is 6. The fraction of sp³-hybridized carbons (Fsp3) is 0.478. The van der Waals surface area contributed by atoms with Crippen molar-refractivity contribution in [2.75, 3.05) is 49.2 Å². The summed E-state index contributed by atoms with van der Waals surface area (Å²) >= 11 is 0. The molecule has 5 heterocycles. The monoisotopic (exact) mass is 436 g/mol. The molecule has 0 N–H and O–H groups in total. The smallest absolute Gasteiger partial charge is 0.226 e. The van der Waals surface area contributed by atoms with Crippen molar-refractivity contribution in [3.05, 3.63) is 36.3 Å². The SMILES string of the molecule is Cc1cc(-c2cnc(N3C[C@@H](C)O[C@H](C)C3)nc2-c2ccc(N3CCOCC3)nc2)on1. The average molecular weight is 437 g/mol. The minimum atomic E-state index is 0.122. The fourth-order valence-corrected chi connectivity index (χ4v) is 4.26. The van der Waals surface area contributed by atoms with Crippen LogP contribution in [0.3, 0.4) is 0 Å². The van der Waals surface area contributed by atoms with Gasteiger partial charge in [0.25, 0.3) is 0 Å². The van der Waals surface area contributed by atoms with Crippen LogP contribution < -0.4 is 9.80 Å². The third kappa shape index (κ3) is 4.31. The Morgan fingerprint density at radius 3 is 2.41 bits per heavy atom. The molecule has 0 unspecified atom stereocenters. The standard InChI is InChI=1S/C23H28N6O3/c1-15-10-20(32-27-15)19-12-25-23(29-13-16(2)31-17(3)14-29)26-22(19)18-4-5-21(24-11-18)28-6-8-30-9-7-28/h4-5,10-12,16-17H,6-9,13-14H2,1-3H3/t16-,17-/m1/s1. The number of hydrogen-bond donors (Lipinski definition) is 0. The highest BCUT2D eigenvalue weighted by Crippen LogP contribution is 2.32. The van der Waals surface area contributed by atoms with E-state index >= 15 is 0 Å². The molecule has 9 nitrogen and oxygen atoms in total. The number of morpholine rings is 2. The second-order valence-corrected chi connectivity index (χ2v) is 8.43. The normalized spacial score (nSPS) is 21.7. The lowest BCUT2D eigenvalue weighted by Crippen LogP contribution is -2.46. The van der Waals surface area contributed by atoms with Crippen molar-refractivity contribution in [2.45, 2.75) is 33.0 Å². The van der Waals surface area contributed by atoms with Crippen molar-refractivity contribution in [3.63, 3.8) is 0 Å². The molecule has 2 saturated heterocycles. The summed E-state index contributed by atoms with van der Waals surface area (Å²) in [5.41, 5.74) is 3.29. The van der Waals surface area contributed by atoms with E-state index in [-0.39, 0.29) is 12.2 Å². The highest BCUT2D eigenvalue weighted by molar-refractivity contribution is 5.78. The Kier molecular flexibility index (Phi) is 5.75. The van der Waals surface area contributed by atoms with Gasteiger partial charge in [0.15, 0.2) is 5.76 Å². The molecule has 2 atom stereocenters. The van der Waals surface area contributed by atoms with Gasteiger partial charge in [-0.15, -0.1) is 0 Å². The van der Waals surface area contributed by atoms with E-state index in [2.05, 4.69) is 39.9 Å². The molecule has 0 aromatic carbocycles. The number of aryl methyl sites for hydroxylation is 1. The molecule has 9 heteroatoms. The summed E-state index contributed by atoms with van der Waals surface area (Å²) in [6, 6.07) is 5.99. The van der Waals surface area contributed by atoms with Crippen LogP contribution in [0.2, 0.25) is 0 Å². The van der Waals surface area contributed by atoms with Gasteiger partial charge < -0.3 is 23.8 Å². The first-order valence-electron chi connectivity index (χ1n) is 11.1. The molecule has 0 bridgehead atoms. The average Bonchev–Trinajstić information content (AvgIpc) is 3.25. The predicted octanol–water partition coefficient (Wildman–Crippen LogP) is 2.95. The van der Waals surface area contributed by atoms with Gasteiger partial charge in [-0.25, -0.2) is 15.0 Å². The molecule has 32 heavy (non-hydrogen) atoms. The molecule has 0 aliphatic carbocycles. The van der Waals surface area contributed by atoms with Gasteiger partial charge in [-0.1, -0.05) is 5.16 Å². The fourth-order valence-electron chi connectivity index (χ4n) is 4.26. The van der Waals surface area contributed by atoms with Gasteiger partial charge in [0.1, 0.15) is 5.82 Å². The third-order valence-electron chi connectivity index (χ3n) is 5.73. The molecule has 2 aliphatic heterocycles. The quantitative estimate of drug-likeness (QED) is 0.612. The Hall–Kier alpha value is -3.04. The largest absolute Gasteiger partial charge is 0.378 e. The molecule has 0 spiro atoms. The molecule has 0 radical (unpaired) electrons. The summed E-state index contributed by atoms with van der Waals surface area (Å²) in [5.74, 6) is 2.27. The predicted molar refractivity (Wildman–Crippen MR) is 121 cm³/mol. The lowest BCUT2D eigenvalue weighted by Gasteiger charge is -2.35. The molecule has 2 aliphatic rings. The van der Waals surface area contributed by atoms with Crippen molar-refractivity contribution in [1.29, 1.82) is 0 Å². The van der Waals surface area contributed by atoms with E-state index in [1.54, 1.807) is 0 Å².